The van der Waals surface area contributed by atoms with E-state index in [1.807, 2.05) is 0 Å². The summed E-state index contributed by atoms with van der Waals surface area (Å²) >= 11 is 6.41. The molecule has 2 aromatic carbocycles. The van der Waals surface area contributed by atoms with Gasteiger partial charge in [0.1, 0.15) is 23.0 Å². The maximum atomic E-state index is 12.4. The lowest BCUT2D eigenvalue weighted by molar-refractivity contribution is -0.117. The predicted octanol–water partition coefficient (Wildman–Crippen LogP) is 4.95. The number of hydrogen-bond acceptors (Lipinski definition) is 7. The highest BCUT2D eigenvalue weighted by Crippen LogP contribution is 2.33. The highest BCUT2D eigenvalue weighted by Gasteiger charge is 2.13. The quantitative estimate of drug-likeness (QED) is 0.376. The number of pyridine rings is 1. The van der Waals surface area contributed by atoms with Gasteiger partial charge in [0, 0.05) is 29.1 Å². The van der Waals surface area contributed by atoms with Crippen LogP contribution in [0.1, 0.15) is 35.6 Å². The molecule has 0 saturated heterocycles. The lowest BCUT2D eigenvalue weighted by Crippen LogP contribution is -2.07. The Balaban J connectivity index is 0.00000306. The van der Waals surface area contributed by atoms with Crippen LogP contribution in [0.3, 0.4) is 0 Å². The van der Waals surface area contributed by atoms with Crippen molar-refractivity contribution in [1.82, 2.24) is 10.1 Å². The molecular weight excluding hydrogens is 444 g/mol. The summed E-state index contributed by atoms with van der Waals surface area (Å²) in [6, 6.07) is 12.1. The average molecular weight is 469 g/mol. The van der Waals surface area contributed by atoms with Crippen molar-refractivity contribution in [3.8, 4) is 11.5 Å². The predicted molar refractivity (Wildman–Crippen MR) is 126 cm³/mol. The zero-order chi connectivity index (χ0) is 22.7. The van der Waals surface area contributed by atoms with E-state index in [1.165, 1.54) is 0 Å². The molecule has 0 spiro atoms. The largest absolute Gasteiger partial charge is 0.457 e. The first-order valence-electron chi connectivity index (χ1n) is 9.99. The minimum atomic E-state index is -0.206. The molecule has 2 aromatic heterocycles. The van der Waals surface area contributed by atoms with E-state index < -0.39 is 0 Å². The molecule has 0 aliphatic carbocycles. The van der Waals surface area contributed by atoms with Crippen LogP contribution in [0.2, 0.25) is 5.02 Å². The van der Waals surface area contributed by atoms with Gasteiger partial charge in [-0.1, -0.05) is 30.3 Å². The number of benzene rings is 2. The number of aliphatic hydroxyl groups excluding tert-OH is 2. The third-order valence-corrected chi connectivity index (χ3v) is 5.41. The first-order valence-corrected chi connectivity index (χ1v) is 10.4. The van der Waals surface area contributed by atoms with E-state index in [0.717, 1.165) is 0 Å². The normalized spacial score (nSPS) is 10.8. The number of aryl methyl sites for hydroxylation is 1. The fraction of sp³-hybridized carbons (Fsp3) is 0.240. The number of hydrogen-bond donors (Lipinski definition) is 2. The van der Waals surface area contributed by atoms with E-state index >= 15 is 0 Å². The number of rotatable bonds is 8. The molecule has 4 aromatic rings. The molecule has 0 unspecified atom stereocenters. The summed E-state index contributed by atoms with van der Waals surface area (Å²) in [5, 5.41) is 24.1. The lowest BCUT2D eigenvalue weighted by Gasteiger charge is -2.13. The third-order valence-electron chi connectivity index (χ3n) is 5.06. The van der Waals surface area contributed by atoms with Crippen molar-refractivity contribution in [2.45, 2.75) is 40.4 Å². The SMILES string of the molecule is C.Cc1cc(CC(=O)Cc2ccc(Oc3ccnc4cc(CO)c(CO)cc34)cc2Cl)no1. The third kappa shape index (κ3) is 5.57. The molecule has 0 saturated carbocycles. The van der Waals surface area contributed by atoms with Gasteiger partial charge in [-0.05, 0) is 53.9 Å². The molecule has 4 rings (SSSR count). The van der Waals surface area contributed by atoms with Crippen molar-refractivity contribution in [2.75, 3.05) is 0 Å². The number of fused-ring (bicyclic) bond motifs is 1. The van der Waals surface area contributed by atoms with E-state index in [1.54, 1.807) is 55.6 Å². The van der Waals surface area contributed by atoms with Gasteiger partial charge < -0.3 is 19.5 Å². The van der Waals surface area contributed by atoms with Crippen LogP contribution in [0.5, 0.6) is 11.5 Å². The van der Waals surface area contributed by atoms with Gasteiger partial charge in [-0.25, -0.2) is 0 Å². The molecule has 7 nitrogen and oxygen atoms in total. The van der Waals surface area contributed by atoms with Crippen molar-refractivity contribution in [3.05, 3.63) is 81.8 Å². The van der Waals surface area contributed by atoms with Crippen LogP contribution in [-0.2, 0) is 30.8 Å². The fourth-order valence-corrected chi connectivity index (χ4v) is 3.72. The Morgan fingerprint density at radius 2 is 1.79 bits per heavy atom. The van der Waals surface area contributed by atoms with Crippen LogP contribution in [0.4, 0.5) is 0 Å². The molecule has 0 radical (unpaired) electrons. The number of carbonyl (C=O) groups is 1. The molecule has 2 heterocycles. The molecule has 33 heavy (non-hydrogen) atoms. The van der Waals surface area contributed by atoms with Crippen LogP contribution in [-0.4, -0.2) is 26.1 Å². The van der Waals surface area contributed by atoms with E-state index in [9.17, 15) is 15.0 Å². The Morgan fingerprint density at radius 3 is 2.45 bits per heavy atom. The number of nitrogens with zero attached hydrogens (tertiary/aromatic N) is 2. The monoisotopic (exact) mass is 468 g/mol. The number of aliphatic hydroxyl groups is 2. The second kappa shape index (κ2) is 10.6. The van der Waals surface area contributed by atoms with Crippen LogP contribution < -0.4 is 4.74 Å². The first kappa shape index (κ1) is 24.4. The number of Topliss-reactive ketones (excluding diaryl/α,β-unsaturated/α-hetero) is 1. The molecule has 0 fully saturated rings. The van der Waals surface area contributed by atoms with E-state index in [2.05, 4.69) is 10.1 Å². The Kier molecular flexibility index (Phi) is 7.81. The average Bonchev–Trinajstić information content (AvgIpc) is 3.19. The molecule has 172 valence electrons. The van der Waals surface area contributed by atoms with Crippen molar-refractivity contribution < 1.29 is 24.3 Å². The number of ether oxygens (including phenoxy) is 1. The molecule has 0 amide bonds. The van der Waals surface area contributed by atoms with Crippen LogP contribution in [0.25, 0.3) is 10.9 Å². The second-order valence-electron chi connectivity index (χ2n) is 7.44. The zero-order valence-electron chi connectivity index (χ0n) is 17.3. The number of carbonyl (C=O) groups excluding carboxylic acids is 1. The van der Waals surface area contributed by atoms with Crippen LogP contribution >= 0.6 is 11.6 Å². The highest BCUT2D eigenvalue weighted by molar-refractivity contribution is 6.31. The van der Waals surface area contributed by atoms with Gasteiger partial charge in [-0.3, -0.25) is 9.78 Å². The summed E-state index contributed by atoms with van der Waals surface area (Å²) in [5.41, 5.74) is 3.15. The van der Waals surface area contributed by atoms with E-state index in [-0.39, 0.29) is 39.3 Å². The first-order chi connectivity index (χ1) is 15.5. The second-order valence-corrected chi connectivity index (χ2v) is 7.85. The summed E-state index contributed by atoms with van der Waals surface area (Å²) in [6.45, 7) is 1.38. The Morgan fingerprint density at radius 1 is 1.03 bits per heavy atom. The lowest BCUT2D eigenvalue weighted by atomic mass is 10.0. The molecule has 0 aliphatic rings. The van der Waals surface area contributed by atoms with Gasteiger partial charge in [-0.15, -0.1) is 0 Å². The fourth-order valence-electron chi connectivity index (χ4n) is 3.48. The molecule has 2 N–H and O–H groups in total. The minimum Gasteiger partial charge on any atom is -0.457 e. The number of ketones is 1. The van der Waals surface area contributed by atoms with Gasteiger partial charge in [0.2, 0.25) is 0 Å². The number of aromatic nitrogens is 2. The van der Waals surface area contributed by atoms with Gasteiger partial charge in [-0.2, -0.15) is 0 Å². The van der Waals surface area contributed by atoms with Gasteiger partial charge >= 0.3 is 0 Å². The van der Waals surface area contributed by atoms with Gasteiger partial charge in [0.15, 0.2) is 0 Å². The number of halogens is 1. The van der Waals surface area contributed by atoms with Gasteiger partial charge in [0.25, 0.3) is 0 Å². The zero-order valence-corrected chi connectivity index (χ0v) is 18.1. The van der Waals surface area contributed by atoms with Gasteiger partial charge in [0.05, 0.1) is 30.8 Å². The maximum Gasteiger partial charge on any atom is 0.143 e. The molecular formula is C25H25ClN2O5. The molecule has 0 bridgehead atoms. The van der Waals surface area contributed by atoms with E-state index in [0.29, 0.717) is 55.6 Å². The Bertz CT molecular complexity index is 1290. The molecule has 0 aliphatic heterocycles. The summed E-state index contributed by atoms with van der Waals surface area (Å²) in [7, 11) is 0. The van der Waals surface area contributed by atoms with Crippen molar-refractivity contribution in [3.63, 3.8) is 0 Å². The molecule has 0 atom stereocenters. The summed E-state index contributed by atoms with van der Waals surface area (Å²) < 4.78 is 11.0. The summed E-state index contributed by atoms with van der Waals surface area (Å²) in [6.07, 6.45) is 1.96. The maximum absolute atomic E-state index is 12.4. The van der Waals surface area contributed by atoms with Crippen molar-refractivity contribution in [1.29, 1.82) is 0 Å². The van der Waals surface area contributed by atoms with E-state index in [4.69, 9.17) is 20.9 Å². The highest BCUT2D eigenvalue weighted by atomic mass is 35.5. The minimum absolute atomic E-state index is 0. The van der Waals surface area contributed by atoms with Crippen molar-refractivity contribution >= 4 is 28.3 Å². The topological polar surface area (TPSA) is 106 Å². The summed E-state index contributed by atoms with van der Waals surface area (Å²) in [5.74, 6) is 1.68. The summed E-state index contributed by atoms with van der Waals surface area (Å²) in [4.78, 5) is 16.7. The van der Waals surface area contributed by atoms with Crippen LogP contribution in [0, 0.1) is 6.92 Å². The smallest absolute Gasteiger partial charge is 0.143 e. The standard InChI is InChI=1S/C24H21ClN2O5.CH4/c1-14-6-18(27-32-14)10-19(30)7-15-2-3-20(11-22(15)25)31-24-4-5-26-23-9-17(13-29)16(12-28)8-21(23)24;/h2-6,8-9,11,28-29H,7,10,12-13H2,1H3;1H4. The van der Waals surface area contributed by atoms with Crippen molar-refractivity contribution in [2.24, 2.45) is 0 Å². The Hall–Kier alpha value is -3.26. The molecule has 8 heteroatoms. The van der Waals surface area contributed by atoms with Crippen LogP contribution in [0.15, 0.2) is 53.2 Å². The Labute approximate surface area is 196 Å².